The lowest BCUT2D eigenvalue weighted by atomic mass is 9.71. The number of hydrogen-bond acceptors (Lipinski definition) is 3. The van der Waals surface area contributed by atoms with Crippen LogP contribution >= 0.6 is 0 Å². The SMILES string of the molecule is CC1CC(=O)CC(C(=O)N2CC3C4CCC(C4)C3C2)C1C(=O)N1CC2C3CCC(C3)C2C1. The van der Waals surface area contributed by atoms with Gasteiger partial charge in [-0.2, -0.15) is 0 Å². The number of nitrogens with zero attached hydrogens (tertiary/aromatic N) is 2. The summed E-state index contributed by atoms with van der Waals surface area (Å²) in [6.07, 6.45) is 8.88. The molecule has 4 bridgehead atoms. The van der Waals surface area contributed by atoms with Crippen molar-refractivity contribution in [1.82, 2.24) is 9.80 Å². The van der Waals surface area contributed by atoms with E-state index in [4.69, 9.17) is 0 Å². The van der Waals surface area contributed by atoms with Crippen LogP contribution in [0.15, 0.2) is 0 Å². The molecule has 5 aliphatic carbocycles. The average molecular weight is 439 g/mol. The first-order valence-corrected chi connectivity index (χ1v) is 13.6. The van der Waals surface area contributed by atoms with Gasteiger partial charge in [-0.05, 0) is 91.8 Å². The fraction of sp³-hybridized carbons (Fsp3) is 0.889. The quantitative estimate of drug-likeness (QED) is 0.665. The number of rotatable bonds is 2. The number of hydrogen-bond donors (Lipinski definition) is 0. The van der Waals surface area contributed by atoms with Crippen molar-refractivity contribution in [3.8, 4) is 0 Å². The number of likely N-dealkylation sites (tertiary alicyclic amines) is 2. The van der Waals surface area contributed by atoms with Crippen LogP contribution in [0.5, 0.6) is 0 Å². The summed E-state index contributed by atoms with van der Waals surface area (Å²) in [4.78, 5) is 44.4. The van der Waals surface area contributed by atoms with E-state index in [0.717, 1.165) is 49.9 Å². The number of carbonyl (C=O) groups excluding carboxylic acids is 3. The van der Waals surface area contributed by atoms with Gasteiger partial charge in [-0.25, -0.2) is 0 Å². The minimum atomic E-state index is -0.424. The Hall–Kier alpha value is -1.39. The van der Waals surface area contributed by atoms with Crippen LogP contribution in [-0.4, -0.2) is 53.6 Å². The molecular weight excluding hydrogens is 400 g/mol. The van der Waals surface area contributed by atoms with Crippen molar-refractivity contribution in [2.75, 3.05) is 26.2 Å². The van der Waals surface area contributed by atoms with E-state index < -0.39 is 5.92 Å². The van der Waals surface area contributed by atoms with E-state index in [1.807, 2.05) is 6.92 Å². The van der Waals surface area contributed by atoms with E-state index in [0.29, 0.717) is 30.1 Å². The molecule has 11 atom stereocenters. The summed E-state index contributed by atoms with van der Waals surface area (Å²) in [6, 6.07) is 0. The Morgan fingerprint density at radius 3 is 1.59 bits per heavy atom. The Morgan fingerprint density at radius 1 is 0.688 bits per heavy atom. The Morgan fingerprint density at radius 2 is 1.12 bits per heavy atom. The van der Waals surface area contributed by atoms with Crippen LogP contribution in [0.25, 0.3) is 0 Å². The van der Waals surface area contributed by atoms with Gasteiger partial charge in [0.25, 0.3) is 0 Å². The van der Waals surface area contributed by atoms with Crippen LogP contribution in [0.4, 0.5) is 0 Å². The van der Waals surface area contributed by atoms with Gasteiger partial charge in [0.2, 0.25) is 11.8 Å². The van der Waals surface area contributed by atoms with Gasteiger partial charge in [0, 0.05) is 39.0 Å². The third-order valence-corrected chi connectivity index (χ3v) is 11.5. The molecule has 174 valence electrons. The zero-order valence-corrected chi connectivity index (χ0v) is 19.5. The molecule has 2 aliphatic heterocycles. The normalized spacial score (nSPS) is 50.9. The zero-order chi connectivity index (χ0) is 21.7. The monoisotopic (exact) mass is 438 g/mol. The van der Waals surface area contributed by atoms with Crippen LogP contribution in [0.2, 0.25) is 0 Å². The summed E-state index contributed by atoms with van der Waals surface area (Å²) in [7, 11) is 0. The van der Waals surface area contributed by atoms with Crippen LogP contribution < -0.4 is 0 Å². The first-order valence-electron chi connectivity index (χ1n) is 13.6. The standard InChI is InChI=1S/C27H38N2O3/c1-14-6-19(30)9-20(26(31)28-10-21-15-2-3-16(7-15)22(21)11-28)25(14)27(32)29-12-23-17-4-5-18(8-17)24(23)13-29/h14-18,20-25H,2-13H2,1H3. The van der Waals surface area contributed by atoms with E-state index in [1.54, 1.807) is 0 Å². The molecule has 0 spiro atoms. The van der Waals surface area contributed by atoms with E-state index in [9.17, 15) is 14.4 Å². The van der Waals surface area contributed by atoms with Gasteiger partial charge in [0.1, 0.15) is 5.78 Å². The van der Waals surface area contributed by atoms with Crippen molar-refractivity contribution >= 4 is 17.6 Å². The molecule has 7 rings (SSSR count). The molecule has 32 heavy (non-hydrogen) atoms. The molecule has 0 aromatic heterocycles. The van der Waals surface area contributed by atoms with E-state index in [2.05, 4.69) is 9.80 Å². The van der Waals surface area contributed by atoms with Crippen LogP contribution in [0.1, 0.15) is 58.3 Å². The van der Waals surface area contributed by atoms with Crippen molar-refractivity contribution < 1.29 is 14.4 Å². The van der Waals surface area contributed by atoms with Crippen LogP contribution in [-0.2, 0) is 14.4 Å². The molecule has 2 saturated heterocycles. The third-order valence-electron chi connectivity index (χ3n) is 11.5. The Bertz CT molecular complexity index is 820. The fourth-order valence-corrected chi connectivity index (χ4v) is 10.2. The van der Waals surface area contributed by atoms with Crippen molar-refractivity contribution in [3.05, 3.63) is 0 Å². The molecule has 0 radical (unpaired) electrons. The smallest absolute Gasteiger partial charge is 0.226 e. The average Bonchev–Trinajstić information content (AvgIpc) is 3.57. The number of amides is 2. The molecule has 7 fully saturated rings. The second-order valence-electron chi connectivity index (χ2n) is 12.9. The summed E-state index contributed by atoms with van der Waals surface area (Å²) >= 11 is 0. The molecule has 7 aliphatic rings. The highest BCUT2D eigenvalue weighted by molar-refractivity contribution is 5.94. The summed E-state index contributed by atoms with van der Waals surface area (Å²) < 4.78 is 0. The zero-order valence-electron chi connectivity index (χ0n) is 19.5. The molecule has 5 heteroatoms. The van der Waals surface area contributed by atoms with Gasteiger partial charge in [-0.3, -0.25) is 14.4 Å². The predicted molar refractivity (Wildman–Crippen MR) is 119 cm³/mol. The molecule has 11 unspecified atom stereocenters. The van der Waals surface area contributed by atoms with Crippen molar-refractivity contribution in [2.24, 2.45) is 65.1 Å². The van der Waals surface area contributed by atoms with Gasteiger partial charge >= 0.3 is 0 Å². The predicted octanol–water partition coefficient (Wildman–Crippen LogP) is 3.23. The van der Waals surface area contributed by atoms with Gasteiger partial charge in [-0.1, -0.05) is 6.92 Å². The number of carbonyl (C=O) groups is 3. The second kappa shape index (κ2) is 7.06. The van der Waals surface area contributed by atoms with Gasteiger partial charge < -0.3 is 9.80 Å². The van der Waals surface area contributed by atoms with Gasteiger partial charge in [0.05, 0.1) is 11.8 Å². The first kappa shape index (κ1) is 20.0. The molecule has 0 aromatic rings. The number of ketones is 1. The maximum Gasteiger partial charge on any atom is 0.226 e. The van der Waals surface area contributed by atoms with Crippen LogP contribution in [0.3, 0.4) is 0 Å². The minimum Gasteiger partial charge on any atom is -0.342 e. The van der Waals surface area contributed by atoms with Crippen molar-refractivity contribution in [2.45, 2.75) is 58.3 Å². The Kier molecular flexibility index (Phi) is 4.41. The summed E-state index contributed by atoms with van der Waals surface area (Å²) in [5.41, 5.74) is 0. The summed E-state index contributed by atoms with van der Waals surface area (Å²) in [5.74, 6) is 5.77. The summed E-state index contributed by atoms with van der Waals surface area (Å²) in [6.45, 7) is 5.60. The Balaban J connectivity index is 1.10. The van der Waals surface area contributed by atoms with Crippen molar-refractivity contribution in [1.29, 1.82) is 0 Å². The van der Waals surface area contributed by atoms with Gasteiger partial charge in [0.15, 0.2) is 0 Å². The molecular formula is C27H38N2O3. The molecule has 5 saturated carbocycles. The number of fused-ring (bicyclic) bond motifs is 10. The summed E-state index contributed by atoms with van der Waals surface area (Å²) in [5, 5.41) is 0. The first-order chi connectivity index (χ1) is 15.5. The highest BCUT2D eigenvalue weighted by Gasteiger charge is 2.56. The lowest BCUT2D eigenvalue weighted by molar-refractivity contribution is -0.152. The molecule has 2 amide bonds. The lowest BCUT2D eigenvalue weighted by Crippen LogP contribution is -2.50. The third kappa shape index (κ3) is 2.78. The maximum absolute atomic E-state index is 13.9. The maximum atomic E-state index is 13.9. The number of Topliss-reactive ketones (excluding diaryl/α,β-unsaturated/α-hetero) is 1. The minimum absolute atomic E-state index is 0.0202. The topological polar surface area (TPSA) is 57.7 Å². The second-order valence-corrected chi connectivity index (χ2v) is 12.9. The Labute approximate surface area is 191 Å². The molecule has 0 N–H and O–H groups in total. The van der Waals surface area contributed by atoms with E-state index in [1.165, 1.54) is 38.5 Å². The highest BCUT2D eigenvalue weighted by Crippen LogP contribution is 2.57. The molecule has 5 nitrogen and oxygen atoms in total. The molecule has 0 aromatic carbocycles. The van der Waals surface area contributed by atoms with E-state index in [-0.39, 0.29) is 35.9 Å². The van der Waals surface area contributed by atoms with Crippen LogP contribution in [0, 0.1) is 65.1 Å². The highest BCUT2D eigenvalue weighted by atomic mass is 16.2. The van der Waals surface area contributed by atoms with Gasteiger partial charge in [-0.15, -0.1) is 0 Å². The van der Waals surface area contributed by atoms with E-state index >= 15 is 0 Å². The largest absolute Gasteiger partial charge is 0.342 e. The van der Waals surface area contributed by atoms with Crippen molar-refractivity contribution in [3.63, 3.8) is 0 Å². The fourth-order valence-electron chi connectivity index (χ4n) is 10.2. The lowest BCUT2D eigenvalue weighted by Gasteiger charge is -2.38. The molecule has 2 heterocycles.